The molecule has 0 aliphatic carbocycles. The van der Waals surface area contributed by atoms with Gasteiger partial charge in [0.1, 0.15) is 0 Å². The highest BCUT2D eigenvalue weighted by molar-refractivity contribution is 8.00. The Morgan fingerprint density at radius 2 is 1.75 bits per heavy atom. The third kappa shape index (κ3) is 6.11. The van der Waals surface area contributed by atoms with Crippen molar-refractivity contribution in [1.29, 1.82) is 0 Å². The molecule has 0 fully saturated rings. The number of amides is 1. The Bertz CT molecular complexity index is 1200. The summed E-state index contributed by atoms with van der Waals surface area (Å²) in [4.78, 5) is 21.1. The molecule has 11 heteroatoms. The zero-order chi connectivity index (χ0) is 23.1. The molecule has 168 valence electrons. The van der Waals surface area contributed by atoms with Gasteiger partial charge in [0.05, 0.1) is 24.9 Å². The van der Waals surface area contributed by atoms with E-state index in [4.69, 9.17) is 9.47 Å². The number of anilines is 2. The van der Waals surface area contributed by atoms with Gasteiger partial charge in [-0.25, -0.2) is 23.1 Å². The molecule has 0 unspecified atom stereocenters. The van der Waals surface area contributed by atoms with Crippen LogP contribution in [-0.4, -0.2) is 44.3 Å². The first-order valence-corrected chi connectivity index (χ1v) is 11.8. The van der Waals surface area contributed by atoms with E-state index in [9.17, 15) is 13.2 Å². The number of thioether (sulfide) groups is 1. The van der Waals surface area contributed by atoms with Gasteiger partial charge in [-0.15, -0.1) is 11.8 Å². The first-order valence-electron chi connectivity index (χ1n) is 9.38. The second kappa shape index (κ2) is 10.3. The minimum atomic E-state index is -3.85. The lowest BCUT2D eigenvalue weighted by atomic mass is 10.3. The number of hydrogen-bond acceptors (Lipinski definition) is 8. The maximum absolute atomic E-state index is 12.5. The molecule has 9 nitrogen and oxygen atoms in total. The highest BCUT2D eigenvalue weighted by Crippen LogP contribution is 2.31. The number of ether oxygens (including phenoxy) is 2. The highest BCUT2D eigenvalue weighted by atomic mass is 32.2. The number of carbonyl (C=O) groups is 1. The summed E-state index contributed by atoms with van der Waals surface area (Å²) in [5.41, 5.74) is 1.12. The van der Waals surface area contributed by atoms with Gasteiger partial charge in [-0.3, -0.25) is 4.79 Å². The summed E-state index contributed by atoms with van der Waals surface area (Å²) in [6, 6.07) is 12.9. The molecule has 1 aromatic heterocycles. The molecule has 0 aliphatic heterocycles. The Hall–Kier alpha value is -3.31. The van der Waals surface area contributed by atoms with Gasteiger partial charge in [-0.1, -0.05) is 0 Å². The average Bonchev–Trinajstić information content (AvgIpc) is 2.77. The van der Waals surface area contributed by atoms with Crippen molar-refractivity contribution >= 4 is 39.3 Å². The predicted octanol–water partition coefficient (Wildman–Crippen LogP) is 3.33. The first-order chi connectivity index (χ1) is 15.3. The summed E-state index contributed by atoms with van der Waals surface area (Å²) < 4.78 is 37.8. The fourth-order valence-electron chi connectivity index (χ4n) is 2.65. The summed E-state index contributed by atoms with van der Waals surface area (Å²) in [6.07, 6.45) is 1.47. The van der Waals surface area contributed by atoms with Gasteiger partial charge in [0.2, 0.25) is 11.9 Å². The minimum Gasteiger partial charge on any atom is -0.493 e. The number of nitrogens with one attached hydrogen (secondary N) is 2. The van der Waals surface area contributed by atoms with Gasteiger partial charge in [-0.2, -0.15) is 0 Å². The zero-order valence-corrected chi connectivity index (χ0v) is 19.3. The Kier molecular flexibility index (Phi) is 7.54. The molecular weight excluding hydrogens is 452 g/mol. The van der Waals surface area contributed by atoms with E-state index in [1.807, 2.05) is 6.07 Å². The lowest BCUT2D eigenvalue weighted by molar-refractivity contribution is -0.113. The first kappa shape index (κ1) is 23.4. The topological polar surface area (TPSA) is 120 Å². The van der Waals surface area contributed by atoms with E-state index in [2.05, 4.69) is 20.0 Å². The SMILES string of the molecule is COc1ccc(SCC(=O)Nc2ccc(S(=O)(=O)Nc3nccc(C)n3)cc2)cc1OC. The van der Waals surface area contributed by atoms with E-state index in [1.54, 1.807) is 39.3 Å². The summed E-state index contributed by atoms with van der Waals surface area (Å²) in [5.74, 6) is 1.13. The normalized spacial score (nSPS) is 11.0. The largest absolute Gasteiger partial charge is 0.493 e. The Labute approximate surface area is 190 Å². The van der Waals surface area contributed by atoms with Crippen molar-refractivity contribution in [1.82, 2.24) is 9.97 Å². The van der Waals surface area contributed by atoms with Gasteiger partial charge >= 0.3 is 0 Å². The standard InChI is InChI=1S/C21H22N4O5S2/c1-14-10-11-22-21(23-14)25-32(27,28)17-7-4-15(5-8-17)24-20(26)13-31-16-6-9-18(29-2)19(12-16)30-3/h4-12H,13H2,1-3H3,(H,24,26)(H,22,23,25). The van der Waals surface area contributed by atoms with Gasteiger partial charge in [-0.05, 0) is 55.5 Å². The quantitative estimate of drug-likeness (QED) is 0.453. The third-order valence-corrected chi connectivity index (χ3v) is 6.53. The van der Waals surface area contributed by atoms with Gasteiger partial charge < -0.3 is 14.8 Å². The zero-order valence-electron chi connectivity index (χ0n) is 17.7. The minimum absolute atomic E-state index is 0.00503. The average molecular weight is 475 g/mol. The molecule has 3 aromatic rings. The fraction of sp³-hybridized carbons (Fsp3) is 0.190. The third-order valence-electron chi connectivity index (χ3n) is 4.19. The molecule has 0 radical (unpaired) electrons. The van der Waals surface area contributed by atoms with Crippen LogP contribution in [0.3, 0.4) is 0 Å². The van der Waals surface area contributed by atoms with Crippen LogP contribution in [0.15, 0.2) is 64.5 Å². The van der Waals surface area contributed by atoms with Gasteiger partial charge in [0.15, 0.2) is 11.5 Å². The van der Waals surface area contributed by atoms with Crippen LogP contribution in [0.2, 0.25) is 0 Å². The van der Waals surface area contributed by atoms with Crippen molar-refractivity contribution in [2.45, 2.75) is 16.7 Å². The Morgan fingerprint density at radius 1 is 1.03 bits per heavy atom. The van der Waals surface area contributed by atoms with E-state index >= 15 is 0 Å². The summed E-state index contributed by atoms with van der Waals surface area (Å²) >= 11 is 1.34. The molecule has 0 saturated carbocycles. The summed E-state index contributed by atoms with van der Waals surface area (Å²) in [7, 11) is -0.743. The summed E-state index contributed by atoms with van der Waals surface area (Å²) in [5, 5.41) is 2.74. The molecule has 0 atom stereocenters. The number of nitrogens with zero attached hydrogens (tertiary/aromatic N) is 2. The smallest absolute Gasteiger partial charge is 0.264 e. The molecule has 2 aromatic carbocycles. The number of aromatic nitrogens is 2. The van der Waals surface area contributed by atoms with E-state index in [-0.39, 0.29) is 22.5 Å². The maximum atomic E-state index is 12.5. The molecular formula is C21H22N4O5S2. The molecule has 0 bridgehead atoms. The predicted molar refractivity (Wildman–Crippen MR) is 123 cm³/mol. The molecule has 3 rings (SSSR count). The molecule has 32 heavy (non-hydrogen) atoms. The lowest BCUT2D eigenvalue weighted by Crippen LogP contribution is -2.16. The fourth-order valence-corrected chi connectivity index (χ4v) is 4.32. The number of benzene rings is 2. The van der Waals surface area contributed by atoms with Gasteiger partial charge in [0, 0.05) is 22.5 Å². The second-order valence-electron chi connectivity index (χ2n) is 6.51. The molecule has 2 N–H and O–H groups in total. The van der Waals surface area contributed by atoms with Crippen LogP contribution in [-0.2, 0) is 14.8 Å². The van der Waals surface area contributed by atoms with Crippen LogP contribution < -0.4 is 19.5 Å². The number of carbonyl (C=O) groups excluding carboxylic acids is 1. The summed E-state index contributed by atoms with van der Waals surface area (Å²) in [6.45, 7) is 1.74. The van der Waals surface area contributed by atoms with Gasteiger partial charge in [0.25, 0.3) is 10.0 Å². The van der Waals surface area contributed by atoms with Crippen LogP contribution >= 0.6 is 11.8 Å². The van der Waals surface area contributed by atoms with Crippen molar-refractivity contribution in [3.05, 3.63) is 60.4 Å². The van der Waals surface area contributed by atoms with Crippen molar-refractivity contribution < 1.29 is 22.7 Å². The molecule has 1 heterocycles. The number of aryl methyl sites for hydroxylation is 1. The second-order valence-corrected chi connectivity index (χ2v) is 9.24. The number of rotatable bonds is 9. The van der Waals surface area contributed by atoms with E-state index in [0.29, 0.717) is 22.9 Å². The van der Waals surface area contributed by atoms with Crippen LogP contribution in [0.25, 0.3) is 0 Å². The monoisotopic (exact) mass is 474 g/mol. The number of methoxy groups -OCH3 is 2. The van der Waals surface area contributed by atoms with Crippen molar-refractivity contribution in [3.63, 3.8) is 0 Å². The number of sulfonamides is 1. The highest BCUT2D eigenvalue weighted by Gasteiger charge is 2.16. The van der Waals surface area contributed by atoms with Crippen LogP contribution in [0.1, 0.15) is 5.69 Å². The van der Waals surface area contributed by atoms with Crippen LogP contribution in [0.4, 0.5) is 11.6 Å². The Morgan fingerprint density at radius 3 is 2.41 bits per heavy atom. The van der Waals surface area contributed by atoms with E-state index in [0.717, 1.165) is 4.90 Å². The number of hydrogen-bond donors (Lipinski definition) is 2. The van der Waals surface area contributed by atoms with Crippen molar-refractivity contribution in [3.8, 4) is 11.5 Å². The van der Waals surface area contributed by atoms with Crippen molar-refractivity contribution in [2.75, 3.05) is 30.0 Å². The van der Waals surface area contributed by atoms with E-state index in [1.165, 1.54) is 42.2 Å². The van der Waals surface area contributed by atoms with Crippen LogP contribution in [0.5, 0.6) is 11.5 Å². The molecule has 0 spiro atoms. The molecule has 0 aliphatic rings. The maximum Gasteiger partial charge on any atom is 0.264 e. The Balaban J connectivity index is 1.58. The molecule has 0 saturated heterocycles. The van der Waals surface area contributed by atoms with Crippen LogP contribution in [0, 0.1) is 6.92 Å². The lowest BCUT2D eigenvalue weighted by Gasteiger charge is -2.10. The van der Waals surface area contributed by atoms with Crippen molar-refractivity contribution in [2.24, 2.45) is 0 Å². The molecule has 1 amide bonds. The van der Waals surface area contributed by atoms with E-state index < -0.39 is 10.0 Å².